The number of methoxy groups -OCH3 is 1. The van der Waals surface area contributed by atoms with Crippen LogP contribution in [0, 0.1) is 5.82 Å². The molecular formula is C30H24FN3O5S2. The van der Waals surface area contributed by atoms with Crippen LogP contribution in [0.1, 0.15) is 35.2 Å². The molecule has 208 valence electrons. The summed E-state index contributed by atoms with van der Waals surface area (Å²) in [7, 11) is 1.55. The number of hydrogen-bond acceptors (Lipinski definition) is 9. The topological polar surface area (TPSA) is 102 Å². The number of nitrogens with zero attached hydrogens (tertiary/aromatic N) is 3. The lowest BCUT2D eigenvalue weighted by molar-refractivity contribution is -0.132. The van der Waals surface area contributed by atoms with Crippen molar-refractivity contribution in [1.29, 1.82) is 0 Å². The fourth-order valence-corrected chi connectivity index (χ4v) is 6.76. The summed E-state index contributed by atoms with van der Waals surface area (Å²) in [5.74, 6) is -0.343. The summed E-state index contributed by atoms with van der Waals surface area (Å²) in [6, 6.07) is 17.4. The fourth-order valence-electron chi connectivity index (χ4n) is 4.94. The van der Waals surface area contributed by atoms with Crippen LogP contribution in [-0.2, 0) is 21.8 Å². The van der Waals surface area contributed by atoms with Gasteiger partial charge in [-0.05, 0) is 66.1 Å². The van der Waals surface area contributed by atoms with Gasteiger partial charge in [-0.3, -0.25) is 14.5 Å². The molecule has 1 saturated heterocycles. The Balaban J connectivity index is 1.38. The van der Waals surface area contributed by atoms with E-state index in [0.29, 0.717) is 33.4 Å². The first kappa shape index (κ1) is 27.0. The molecule has 4 aromatic rings. The Labute approximate surface area is 243 Å². The molecular weight excluding hydrogens is 565 g/mol. The van der Waals surface area contributed by atoms with Crippen LogP contribution in [0.15, 0.2) is 76.6 Å². The Morgan fingerprint density at radius 1 is 1.12 bits per heavy atom. The lowest BCUT2D eigenvalue weighted by Gasteiger charge is -2.22. The highest BCUT2D eigenvalue weighted by molar-refractivity contribution is 8.00. The van der Waals surface area contributed by atoms with Crippen LogP contribution >= 0.6 is 23.1 Å². The molecule has 11 heteroatoms. The lowest BCUT2D eigenvalue weighted by Crippen LogP contribution is -2.29. The number of Topliss-reactive ketones (excluding diaryl/α,β-unsaturated/α-hetero) is 1. The average molecular weight is 590 g/mol. The van der Waals surface area contributed by atoms with E-state index in [-0.39, 0.29) is 28.4 Å². The number of rotatable bonds is 7. The number of halogens is 1. The number of carbonyl (C=O) groups is 2. The Hall–Kier alpha value is -4.22. The summed E-state index contributed by atoms with van der Waals surface area (Å²) in [6.45, 7) is 1.96. The average Bonchev–Trinajstić information content (AvgIpc) is 3.67. The van der Waals surface area contributed by atoms with Crippen molar-refractivity contribution in [3.63, 3.8) is 0 Å². The number of aromatic nitrogens is 2. The molecule has 1 fully saturated rings. The Kier molecular flexibility index (Phi) is 7.22. The van der Waals surface area contributed by atoms with Crippen molar-refractivity contribution in [3.05, 3.63) is 100 Å². The SMILES string of the molecule is COc1ccc([C@H]2C(=C(O)c3ccc4c(c3)C[C@H](C)O4)C(=O)C(=O)N2c2nnc(SCc3ccc(F)cc3)s2)cc1. The number of thioether (sulfide) groups is 1. The van der Waals surface area contributed by atoms with Gasteiger partial charge in [-0.1, -0.05) is 47.4 Å². The van der Waals surface area contributed by atoms with Crippen LogP contribution in [0.25, 0.3) is 5.76 Å². The van der Waals surface area contributed by atoms with E-state index in [9.17, 15) is 19.1 Å². The number of hydrogen-bond donors (Lipinski definition) is 1. The summed E-state index contributed by atoms with van der Waals surface area (Å²) in [4.78, 5) is 28.3. The van der Waals surface area contributed by atoms with E-state index >= 15 is 0 Å². The van der Waals surface area contributed by atoms with Crippen molar-refractivity contribution in [2.45, 2.75) is 35.6 Å². The number of anilines is 1. The van der Waals surface area contributed by atoms with Gasteiger partial charge >= 0.3 is 5.91 Å². The molecule has 0 spiro atoms. The normalized spacial score (nSPS) is 19.3. The summed E-state index contributed by atoms with van der Waals surface area (Å²) in [5, 5.41) is 20.2. The van der Waals surface area contributed by atoms with Gasteiger partial charge in [0, 0.05) is 17.7 Å². The van der Waals surface area contributed by atoms with Crippen molar-refractivity contribution in [2.24, 2.45) is 0 Å². The molecule has 3 heterocycles. The molecule has 0 unspecified atom stereocenters. The first-order chi connectivity index (χ1) is 19.8. The molecule has 1 N–H and O–H groups in total. The zero-order valence-corrected chi connectivity index (χ0v) is 23.7. The maximum absolute atomic E-state index is 13.5. The van der Waals surface area contributed by atoms with Crippen LogP contribution in [0.5, 0.6) is 11.5 Å². The van der Waals surface area contributed by atoms with E-state index in [4.69, 9.17) is 9.47 Å². The number of fused-ring (bicyclic) bond motifs is 1. The quantitative estimate of drug-likeness (QED) is 0.0931. The predicted molar refractivity (Wildman–Crippen MR) is 154 cm³/mol. The Morgan fingerprint density at radius 3 is 2.61 bits per heavy atom. The van der Waals surface area contributed by atoms with Gasteiger partial charge in [0.15, 0.2) is 4.34 Å². The van der Waals surface area contributed by atoms with Crippen LogP contribution in [0.2, 0.25) is 0 Å². The highest BCUT2D eigenvalue weighted by atomic mass is 32.2. The number of ketones is 1. The molecule has 0 saturated carbocycles. The molecule has 2 aliphatic rings. The molecule has 3 aromatic carbocycles. The summed E-state index contributed by atoms with van der Waals surface area (Å²) in [5.41, 5.74) is 2.80. The molecule has 2 aliphatic heterocycles. The lowest BCUT2D eigenvalue weighted by atomic mass is 9.94. The third kappa shape index (κ3) is 5.18. The second-order valence-electron chi connectivity index (χ2n) is 9.66. The molecule has 8 nitrogen and oxygen atoms in total. The van der Waals surface area contributed by atoms with Gasteiger partial charge < -0.3 is 14.6 Å². The number of aliphatic hydroxyl groups excluding tert-OH is 1. The minimum absolute atomic E-state index is 0.0137. The van der Waals surface area contributed by atoms with Crippen molar-refractivity contribution in [1.82, 2.24) is 10.2 Å². The van der Waals surface area contributed by atoms with Crippen LogP contribution < -0.4 is 14.4 Å². The number of benzene rings is 3. The van der Waals surface area contributed by atoms with Crippen molar-refractivity contribution in [2.75, 3.05) is 12.0 Å². The molecule has 1 aromatic heterocycles. The number of ether oxygens (including phenoxy) is 2. The Bertz CT molecular complexity index is 1670. The third-order valence-corrected chi connectivity index (χ3v) is 9.05. The fraction of sp³-hybridized carbons (Fsp3) is 0.200. The molecule has 0 radical (unpaired) electrons. The van der Waals surface area contributed by atoms with E-state index in [1.807, 2.05) is 6.92 Å². The number of aliphatic hydroxyl groups is 1. The highest BCUT2D eigenvalue weighted by Crippen LogP contribution is 2.45. The van der Waals surface area contributed by atoms with Gasteiger partial charge in [0.1, 0.15) is 29.2 Å². The van der Waals surface area contributed by atoms with Crippen molar-refractivity contribution >= 4 is 45.7 Å². The van der Waals surface area contributed by atoms with Gasteiger partial charge in [-0.25, -0.2) is 4.39 Å². The maximum Gasteiger partial charge on any atom is 0.301 e. The van der Waals surface area contributed by atoms with Crippen LogP contribution in [0.3, 0.4) is 0 Å². The summed E-state index contributed by atoms with van der Waals surface area (Å²) in [6.07, 6.45) is 0.690. The smallest absolute Gasteiger partial charge is 0.301 e. The predicted octanol–water partition coefficient (Wildman–Crippen LogP) is 5.93. The number of carbonyl (C=O) groups excluding carboxylic acids is 2. The van der Waals surface area contributed by atoms with E-state index < -0.39 is 17.7 Å². The van der Waals surface area contributed by atoms with E-state index in [0.717, 1.165) is 28.2 Å². The number of amides is 1. The molecule has 6 rings (SSSR count). The summed E-state index contributed by atoms with van der Waals surface area (Å²) >= 11 is 2.55. The van der Waals surface area contributed by atoms with E-state index in [1.54, 1.807) is 61.7 Å². The van der Waals surface area contributed by atoms with Crippen LogP contribution in [0.4, 0.5) is 9.52 Å². The molecule has 41 heavy (non-hydrogen) atoms. The largest absolute Gasteiger partial charge is 0.507 e. The highest BCUT2D eigenvalue weighted by Gasteiger charge is 2.48. The van der Waals surface area contributed by atoms with Gasteiger partial charge in [0.2, 0.25) is 5.13 Å². The van der Waals surface area contributed by atoms with E-state index in [1.165, 1.54) is 28.8 Å². The zero-order chi connectivity index (χ0) is 28.7. The monoisotopic (exact) mass is 589 g/mol. The molecule has 2 atom stereocenters. The van der Waals surface area contributed by atoms with Crippen molar-refractivity contribution < 1.29 is 28.6 Å². The minimum Gasteiger partial charge on any atom is -0.507 e. The standard InChI is InChI=1S/C30H24FN3O5S2/c1-16-13-20-14-19(7-12-23(20)39-16)26(35)24-25(18-5-10-22(38-2)11-6-18)34(28(37)27(24)36)29-32-33-30(41-29)40-15-17-3-8-21(31)9-4-17/h3-12,14,16,25,35H,13,15H2,1-2H3/t16-,25-/m0/s1. The second-order valence-corrected chi connectivity index (χ2v) is 11.8. The van der Waals surface area contributed by atoms with Gasteiger partial charge in [-0.15, -0.1) is 10.2 Å². The van der Waals surface area contributed by atoms with Gasteiger partial charge in [0.25, 0.3) is 5.78 Å². The Morgan fingerprint density at radius 2 is 1.88 bits per heavy atom. The zero-order valence-electron chi connectivity index (χ0n) is 22.0. The first-order valence-corrected chi connectivity index (χ1v) is 14.6. The minimum atomic E-state index is -0.938. The van der Waals surface area contributed by atoms with Gasteiger partial charge in [0.05, 0.1) is 18.7 Å². The summed E-state index contributed by atoms with van der Waals surface area (Å²) < 4.78 is 24.9. The third-order valence-electron chi connectivity index (χ3n) is 6.92. The molecule has 1 amide bonds. The van der Waals surface area contributed by atoms with Gasteiger partial charge in [-0.2, -0.15) is 0 Å². The second kappa shape index (κ2) is 11.0. The molecule has 0 bridgehead atoms. The molecule has 0 aliphatic carbocycles. The maximum atomic E-state index is 13.5. The first-order valence-electron chi connectivity index (χ1n) is 12.8. The van der Waals surface area contributed by atoms with E-state index in [2.05, 4.69) is 10.2 Å². The van der Waals surface area contributed by atoms with Crippen molar-refractivity contribution in [3.8, 4) is 11.5 Å². The van der Waals surface area contributed by atoms with Crippen LogP contribution in [-0.4, -0.2) is 40.2 Å².